The summed E-state index contributed by atoms with van der Waals surface area (Å²) in [6.07, 6.45) is 0.377. The van der Waals surface area contributed by atoms with E-state index >= 15 is 0 Å². The molecule has 124 valence electrons. The van der Waals surface area contributed by atoms with E-state index < -0.39 is 11.6 Å². The number of carbonyl (C=O) groups is 1. The Morgan fingerprint density at radius 1 is 1.39 bits per heavy atom. The minimum Gasteiger partial charge on any atom is -0.350 e. The minimum absolute atomic E-state index is 0.107. The predicted molar refractivity (Wildman–Crippen MR) is 90.5 cm³/mol. The van der Waals surface area contributed by atoms with Crippen LogP contribution in [0.3, 0.4) is 0 Å². The van der Waals surface area contributed by atoms with Gasteiger partial charge in [-0.15, -0.1) is 11.3 Å². The number of thioether (sulfide) groups is 1. The SMILES string of the molecule is Cc1nc(CSCCC(=O)N[C@@H](C)c2ccc(F)c(F)c2)cs1. The Morgan fingerprint density at radius 3 is 2.83 bits per heavy atom. The Balaban J connectivity index is 1.72. The molecule has 1 aromatic carbocycles. The maximum absolute atomic E-state index is 13.2. The summed E-state index contributed by atoms with van der Waals surface area (Å²) in [7, 11) is 0. The molecule has 1 amide bonds. The molecule has 1 N–H and O–H groups in total. The summed E-state index contributed by atoms with van der Waals surface area (Å²) in [5.74, 6) is -0.425. The number of hydrogen-bond donors (Lipinski definition) is 1. The fraction of sp³-hybridized carbons (Fsp3) is 0.375. The van der Waals surface area contributed by atoms with Gasteiger partial charge in [-0.25, -0.2) is 13.8 Å². The molecule has 0 aliphatic rings. The van der Waals surface area contributed by atoms with Crippen molar-refractivity contribution in [2.24, 2.45) is 0 Å². The Morgan fingerprint density at radius 2 is 2.17 bits per heavy atom. The molecule has 0 aliphatic heterocycles. The second-order valence-corrected chi connectivity index (χ2v) is 7.29. The van der Waals surface area contributed by atoms with E-state index in [2.05, 4.69) is 10.3 Å². The molecule has 23 heavy (non-hydrogen) atoms. The number of amides is 1. The maximum atomic E-state index is 13.2. The highest BCUT2D eigenvalue weighted by Crippen LogP contribution is 2.18. The predicted octanol–water partition coefficient (Wildman–Crippen LogP) is 4.23. The quantitative estimate of drug-likeness (QED) is 0.755. The highest BCUT2D eigenvalue weighted by molar-refractivity contribution is 7.98. The van der Waals surface area contributed by atoms with Crippen LogP contribution in [0.4, 0.5) is 8.78 Å². The second-order valence-electron chi connectivity index (χ2n) is 5.12. The molecule has 3 nitrogen and oxygen atoms in total. The van der Waals surface area contributed by atoms with Crippen molar-refractivity contribution in [3.05, 3.63) is 51.5 Å². The van der Waals surface area contributed by atoms with E-state index in [0.717, 1.165) is 28.6 Å². The lowest BCUT2D eigenvalue weighted by Crippen LogP contribution is -2.27. The lowest BCUT2D eigenvalue weighted by molar-refractivity contribution is -0.121. The summed E-state index contributed by atoms with van der Waals surface area (Å²) in [6.45, 7) is 3.71. The molecule has 2 aromatic rings. The molecule has 0 aliphatic carbocycles. The van der Waals surface area contributed by atoms with E-state index in [1.165, 1.54) is 6.07 Å². The van der Waals surface area contributed by atoms with Crippen LogP contribution in [-0.2, 0) is 10.5 Å². The zero-order valence-electron chi connectivity index (χ0n) is 12.9. The fourth-order valence-corrected chi connectivity index (χ4v) is 3.54. The van der Waals surface area contributed by atoms with Crippen molar-refractivity contribution in [2.45, 2.75) is 32.1 Å². The molecule has 0 unspecified atom stereocenters. The normalized spacial score (nSPS) is 12.2. The van der Waals surface area contributed by atoms with Gasteiger partial charge in [-0.3, -0.25) is 4.79 Å². The number of rotatable bonds is 7. The number of halogens is 2. The first-order valence-electron chi connectivity index (χ1n) is 7.18. The maximum Gasteiger partial charge on any atom is 0.221 e. The van der Waals surface area contributed by atoms with Gasteiger partial charge >= 0.3 is 0 Å². The van der Waals surface area contributed by atoms with Crippen molar-refractivity contribution in [3.8, 4) is 0 Å². The molecule has 0 radical (unpaired) electrons. The van der Waals surface area contributed by atoms with Crippen LogP contribution in [0.1, 0.15) is 35.7 Å². The van der Waals surface area contributed by atoms with Crippen LogP contribution in [0.2, 0.25) is 0 Å². The number of nitrogens with one attached hydrogen (secondary N) is 1. The van der Waals surface area contributed by atoms with Gasteiger partial charge in [-0.1, -0.05) is 6.07 Å². The number of benzene rings is 1. The van der Waals surface area contributed by atoms with Crippen molar-refractivity contribution >= 4 is 29.0 Å². The standard InChI is InChI=1S/C16H18F2N2OS2/c1-10(12-3-4-14(17)15(18)7-12)19-16(21)5-6-22-8-13-9-23-11(2)20-13/h3-4,7,9-10H,5-6,8H2,1-2H3,(H,19,21)/t10-/m0/s1. The molecule has 0 fully saturated rings. The molecule has 0 bridgehead atoms. The Bertz CT molecular complexity index is 676. The van der Waals surface area contributed by atoms with Gasteiger partial charge in [0.25, 0.3) is 0 Å². The van der Waals surface area contributed by atoms with E-state index in [1.807, 2.05) is 12.3 Å². The lowest BCUT2D eigenvalue weighted by atomic mass is 10.1. The second kappa shape index (κ2) is 8.40. The van der Waals surface area contributed by atoms with E-state index in [-0.39, 0.29) is 11.9 Å². The third-order valence-corrected chi connectivity index (χ3v) is 5.03. The summed E-state index contributed by atoms with van der Waals surface area (Å²) < 4.78 is 26.1. The van der Waals surface area contributed by atoms with Gasteiger partial charge in [-0.2, -0.15) is 11.8 Å². The first-order chi connectivity index (χ1) is 11.0. The molecular formula is C16H18F2N2OS2. The van der Waals surface area contributed by atoms with Crippen LogP contribution in [0.15, 0.2) is 23.6 Å². The van der Waals surface area contributed by atoms with Gasteiger partial charge in [0.2, 0.25) is 5.91 Å². The minimum atomic E-state index is -0.905. The smallest absolute Gasteiger partial charge is 0.221 e. The molecule has 0 saturated carbocycles. The molecule has 2 rings (SSSR count). The highest BCUT2D eigenvalue weighted by atomic mass is 32.2. The number of carbonyl (C=O) groups excluding carboxylic acids is 1. The number of hydrogen-bond acceptors (Lipinski definition) is 4. The van der Waals surface area contributed by atoms with E-state index in [1.54, 1.807) is 30.0 Å². The first kappa shape index (κ1) is 17.9. The molecule has 0 saturated heterocycles. The van der Waals surface area contributed by atoms with E-state index in [4.69, 9.17) is 0 Å². The average molecular weight is 356 g/mol. The molecule has 0 spiro atoms. The summed E-state index contributed by atoms with van der Waals surface area (Å²) in [5.41, 5.74) is 1.58. The third-order valence-electron chi connectivity index (χ3n) is 3.21. The fourth-order valence-electron chi connectivity index (χ4n) is 1.99. The van der Waals surface area contributed by atoms with Crippen LogP contribution in [0, 0.1) is 18.6 Å². The Labute approximate surface area is 142 Å². The van der Waals surface area contributed by atoms with Crippen LogP contribution < -0.4 is 5.32 Å². The topological polar surface area (TPSA) is 42.0 Å². The third kappa shape index (κ3) is 5.58. The Kier molecular flexibility index (Phi) is 6.53. The molecule has 1 heterocycles. The zero-order chi connectivity index (χ0) is 16.8. The van der Waals surface area contributed by atoms with Crippen molar-refractivity contribution in [3.63, 3.8) is 0 Å². The van der Waals surface area contributed by atoms with E-state index in [9.17, 15) is 13.6 Å². The molecular weight excluding hydrogens is 338 g/mol. The lowest BCUT2D eigenvalue weighted by Gasteiger charge is -2.14. The van der Waals surface area contributed by atoms with Crippen molar-refractivity contribution in [1.82, 2.24) is 10.3 Å². The van der Waals surface area contributed by atoms with Crippen LogP contribution in [-0.4, -0.2) is 16.6 Å². The van der Waals surface area contributed by atoms with Crippen molar-refractivity contribution in [2.75, 3.05) is 5.75 Å². The van der Waals surface area contributed by atoms with Crippen LogP contribution in [0.5, 0.6) is 0 Å². The summed E-state index contributed by atoms with van der Waals surface area (Å²) in [6, 6.07) is 3.30. The van der Waals surface area contributed by atoms with Gasteiger partial charge in [-0.05, 0) is 31.5 Å². The summed E-state index contributed by atoms with van der Waals surface area (Å²) >= 11 is 3.26. The van der Waals surface area contributed by atoms with Crippen molar-refractivity contribution < 1.29 is 13.6 Å². The number of aryl methyl sites for hydroxylation is 1. The molecule has 1 atom stereocenters. The Hall–Kier alpha value is -1.47. The monoisotopic (exact) mass is 356 g/mol. The summed E-state index contributed by atoms with van der Waals surface area (Å²) in [4.78, 5) is 16.2. The van der Waals surface area contributed by atoms with Gasteiger partial charge in [0.15, 0.2) is 11.6 Å². The van der Waals surface area contributed by atoms with Gasteiger partial charge in [0.1, 0.15) is 0 Å². The highest BCUT2D eigenvalue weighted by Gasteiger charge is 2.12. The zero-order valence-corrected chi connectivity index (χ0v) is 14.6. The number of aromatic nitrogens is 1. The summed E-state index contributed by atoms with van der Waals surface area (Å²) in [5, 5.41) is 5.85. The molecule has 7 heteroatoms. The number of thiazole rings is 1. The van der Waals surface area contributed by atoms with Crippen molar-refractivity contribution in [1.29, 1.82) is 0 Å². The number of nitrogens with zero attached hydrogens (tertiary/aromatic N) is 1. The largest absolute Gasteiger partial charge is 0.350 e. The average Bonchev–Trinajstić information content (AvgIpc) is 2.92. The first-order valence-corrected chi connectivity index (χ1v) is 9.22. The van der Waals surface area contributed by atoms with Gasteiger partial charge in [0, 0.05) is 23.3 Å². The van der Waals surface area contributed by atoms with Crippen LogP contribution in [0.25, 0.3) is 0 Å². The van der Waals surface area contributed by atoms with Gasteiger partial charge in [0.05, 0.1) is 16.7 Å². The van der Waals surface area contributed by atoms with E-state index in [0.29, 0.717) is 17.7 Å². The van der Waals surface area contributed by atoms with Crippen LogP contribution >= 0.6 is 23.1 Å². The molecule has 1 aromatic heterocycles. The van der Waals surface area contributed by atoms with Gasteiger partial charge < -0.3 is 5.32 Å².